The summed E-state index contributed by atoms with van der Waals surface area (Å²) in [5, 5.41) is 14.4. The Kier molecular flexibility index (Phi) is 18.0. The number of rotatable bonds is 10. The van der Waals surface area contributed by atoms with E-state index in [1.54, 1.807) is 22.7 Å². The molecule has 25 rings (SSSR count). The Labute approximate surface area is 725 Å². The highest BCUT2D eigenvalue weighted by Gasteiger charge is 2.52. The number of hydrogen-bond acceptors (Lipinski definition) is 12. The van der Waals surface area contributed by atoms with Crippen LogP contribution >= 0.6 is 34.3 Å². The molecule has 0 aliphatic carbocycles. The lowest BCUT2D eigenvalue weighted by Gasteiger charge is -2.32. The second kappa shape index (κ2) is 30.0. The molecule has 0 radical (unpaired) electrons. The highest BCUT2D eigenvalue weighted by atomic mass is 35.5. The van der Waals surface area contributed by atoms with Crippen molar-refractivity contribution in [2.45, 2.75) is 38.9 Å². The number of benzene rings is 16. The summed E-state index contributed by atoms with van der Waals surface area (Å²) in [7, 11) is -0.495. The highest BCUT2D eigenvalue weighted by molar-refractivity contribution is 7.27. The summed E-state index contributed by atoms with van der Waals surface area (Å²) >= 11 is 9.57. The van der Waals surface area contributed by atoms with Crippen molar-refractivity contribution < 1.29 is 18.1 Å². The molecule has 0 saturated carbocycles. The van der Waals surface area contributed by atoms with Crippen molar-refractivity contribution in [3.8, 4) is 90.6 Å². The minimum Gasteiger partial charge on any atom is -0.456 e. The number of hydrogen-bond donors (Lipinski definition) is 0. The van der Waals surface area contributed by atoms with Gasteiger partial charge in [-0.1, -0.05) is 249 Å². The molecule has 590 valence electrons. The van der Waals surface area contributed by atoms with Crippen molar-refractivity contribution in [3.63, 3.8) is 0 Å². The van der Waals surface area contributed by atoms with E-state index in [0.717, 1.165) is 126 Å². The van der Waals surface area contributed by atoms with Gasteiger partial charge in [0.15, 0.2) is 29.1 Å². The van der Waals surface area contributed by atoms with Crippen LogP contribution in [0, 0.1) is 0 Å². The fourth-order valence-electron chi connectivity index (χ4n) is 17.8. The maximum absolute atomic E-state index is 6.73. The summed E-state index contributed by atoms with van der Waals surface area (Å²) in [5.74, 6) is 3.07. The Balaban J connectivity index is 0.000000120. The fourth-order valence-corrected chi connectivity index (χ4v) is 20.3. The van der Waals surface area contributed by atoms with E-state index in [0.29, 0.717) is 29.1 Å². The quantitative estimate of drug-likeness (QED) is 0.122. The van der Waals surface area contributed by atoms with Gasteiger partial charge in [0.1, 0.15) is 22.3 Å². The van der Waals surface area contributed by atoms with E-state index >= 15 is 0 Å². The van der Waals surface area contributed by atoms with Gasteiger partial charge in [0.2, 0.25) is 5.28 Å². The van der Waals surface area contributed by atoms with E-state index in [9.17, 15) is 0 Å². The Morgan fingerprint density at radius 1 is 0.274 bits per heavy atom. The van der Waals surface area contributed by atoms with Gasteiger partial charge in [-0.3, -0.25) is 0 Å². The van der Waals surface area contributed by atoms with Gasteiger partial charge in [-0.2, -0.15) is 9.97 Å². The standard InChI is InChI=1S/C51H30N4OS.C42H32BNO3S.C15H10ClN3/c1-4-14-31(15-5-1)49-52-50(32-16-6-2-7-17-32)54-51(53-49)40-30-34(29-39-47-45(57-48(39)40)27-26-44-46(47)37-21-11-13-23-43(37)56-44)33-24-25-42-38(28-33)36-20-10-12-22-41(36)55(42)35-18-8-3-9-19-35;1-41(2)42(3,4)47-43(46-41)32-24-26(23-31-39-37(48-40(31)32)21-20-36-38(39)29-15-9-11-17-35(29)45-36)25-18-19-34-30(22-25)28-14-8-10-16-33(28)44(34)27-12-6-5-7-13-27;16-15-18-13(11-7-3-1-4-8-11)17-14(19-15)12-9-5-2-6-10-12/h1-30H;5-24H,1-4H3;1-10H. The zero-order chi connectivity index (χ0) is 82.9. The molecule has 0 atom stereocenters. The van der Waals surface area contributed by atoms with Crippen LogP contribution in [0.5, 0.6) is 0 Å². The van der Waals surface area contributed by atoms with E-state index in [2.05, 4.69) is 307 Å². The summed E-state index contributed by atoms with van der Waals surface area (Å²) in [6.07, 6.45) is 0. The molecule has 8 aromatic heterocycles. The number of nitrogens with zero attached hydrogens (tertiary/aromatic N) is 8. The first kappa shape index (κ1) is 74.5. The van der Waals surface area contributed by atoms with E-state index in [4.69, 9.17) is 44.7 Å². The normalized spacial score (nSPS) is 13.2. The molecule has 16 heteroatoms. The third-order valence-corrected chi connectivity index (χ3v) is 26.9. The van der Waals surface area contributed by atoms with Crippen molar-refractivity contribution in [1.29, 1.82) is 0 Å². The van der Waals surface area contributed by atoms with Gasteiger partial charge in [-0.25, -0.2) is 19.9 Å². The van der Waals surface area contributed by atoms with Crippen LogP contribution in [0.1, 0.15) is 27.7 Å². The third kappa shape index (κ3) is 12.8. The van der Waals surface area contributed by atoms with E-state index in [1.807, 2.05) is 109 Å². The van der Waals surface area contributed by atoms with E-state index < -0.39 is 18.3 Å². The number of furan rings is 2. The van der Waals surface area contributed by atoms with Gasteiger partial charge in [0.25, 0.3) is 0 Å². The number of para-hydroxylation sites is 6. The Hall–Kier alpha value is -14.5. The van der Waals surface area contributed by atoms with Gasteiger partial charge < -0.3 is 27.3 Å². The molecule has 24 aromatic rings. The smallest absolute Gasteiger partial charge is 0.456 e. The fraction of sp³-hybridized carbons (Fsp3) is 0.0556. The molecule has 0 bridgehead atoms. The van der Waals surface area contributed by atoms with Gasteiger partial charge in [-0.15, -0.1) is 22.7 Å². The van der Waals surface area contributed by atoms with Crippen LogP contribution in [0.2, 0.25) is 5.28 Å². The molecule has 0 unspecified atom stereocenters. The molecule has 124 heavy (non-hydrogen) atoms. The topological polar surface area (TPSA) is 132 Å². The first-order valence-corrected chi connectivity index (χ1v) is 43.4. The summed E-state index contributed by atoms with van der Waals surface area (Å²) < 4.78 is 35.7. The zero-order valence-corrected chi connectivity index (χ0v) is 70.0. The maximum atomic E-state index is 6.73. The number of fused-ring (bicyclic) bond motifs is 20. The molecule has 0 spiro atoms. The van der Waals surface area contributed by atoms with Gasteiger partial charge >= 0.3 is 7.12 Å². The van der Waals surface area contributed by atoms with Crippen molar-refractivity contribution in [1.82, 2.24) is 39.0 Å². The third-order valence-electron chi connectivity index (χ3n) is 24.3. The molecule has 9 heterocycles. The van der Waals surface area contributed by atoms with Gasteiger partial charge in [-0.05, 0) is 177 Å². The van der Waals surface area contributed by atoms with Crippen LogP contribution in [0.3, 0.4) is 0 Å². The average molecular weight is 1660 g/mol. The number of aromatic nitrogens is 8. The van der Waals surface area contributed by atoms with Crippen LogP contribution < -0.4 is 5.46 Å². The lowest BCUT2D eigenvalue weighted by Crippen LogP contribution is -2.41. The number of thiophene rings is 2. The molecule has 0 N–H and O–H groups in total. The lowest BCUT2D eigenvalue weighted by molar-refractivity contribution is 0.00578. The van der Waals surface area contributed by atoms with Crippen molar-refractivity contribution in [2.75, 3.05) is 0 Å². The second-order valence-electron chi connectivity index (χ2n) is 32.3. The first-order chi connectivity index (χ1) is 60.8. The van der Waals surface area contributed by atoms with Crippen molar-refractivity contribution in [2.24, 2.45) is 0 Å². The Morgan fingerprint density at radius 2 is 0.621 bits per heavy atom. The Bertz CT molecular complexity index is 8210. The molecular formula is C108H72BClN8O4S2. The van der Waals surface area contributed by atoms with Crippen LogP contribution in [0.15, 0.2) is 373 Å². The predicted octanol–water partition coefficient (Wildman–Crippen LogP) is 28.8. The van der Waals surface area contributed by atoms with Gasteiger partial charge in [0, 0.05) is 128 Å². The van der Waals surface area contributed by atoms with E-state index in [1.165, 1.54) is 68.4 Å². The van der Waals surface area contributed by atoms with Crippen LogP contribution in [-0.2, 0) is 9.31 Å². The van der Waals surface area contributed by atoms with Crippen molar-refractivity contribution >= 4 is 175 Å². The molecule has 1 fully saturated rings. The highest BCUT2D eigenvalue weighted by Crippen LogP contribution is 2.50. The summed E-state index contributed by atoms with van der Waals surface area (Å²) in [4.78, 5) is 28.3. The SMILES string of the molecule is CC1(C)OB(c2cc(-c3ccc4c(c3)c3ccccc3n4-c3ccccc3)cc3c2sc2ccc4oc5ccccc5c4c23)OC1(C)C.Clc1nc(-c2ccccc2)nc(-c2ccccc2)n1.c1ccc(-c2nc(-c3ccccc3)nc(-c3cc(-c4ccc5c(c4)c4ccccc4n5-c4ccccc4)cc4c3sc3ccc5oc6ccccc6c5c34)n2)cc1. The van der Waals surface area contributed by atoms with Gasteiger partial charge in [0.05, 0.1) is 33.3 Å². The second-order valence-corrected chi connectivity index (χ2v) is 34.8. The van der Waals surface area contributed by atoms with E-state index in [-0.39, 0.29) is 5.28 Å². The maximum Gasteiger partial charge on any atom is 0.496 e. The molecule has 1 aliphatic rings. The first-order valence-electron chi connectivity index (χ1n) is 41.4. The molecule has 0 amide bonds. The Morgan fingerprint density at radius 3 is 1.06 bits per heavy atom. The summed E-state index contributed by atoms with van der Waals surface area (Å²) in [5.41, 5.74) is 19.9. The molecular weight excluding hydrogens is 1580 g/mol. The molecule has 12 nitrogen and oxygen atoms in total. The summed E-state index contributed by atoms with van der Waals surface area (Å²) in [6.45, 7) is 8.49. The molecule has 1 aliphatic heterocycles. The number of halogens is 1. The largest absolute Gasteiger partial charge is 0.496 e. The van der Waals surface area contributed by atoms with Crippen LogP contribution in [-0.4, -0.2) is 57.4 Å². The predicted molar refractivity (Wildman–Crippen MR) is 514 cm³/mol. The summed E-state index contributed by atoms with van der Waals surface area (Å²) in [6, 6.07) is 127. The minimum absolute atomic E-state index is 0.202. The van der Waals surface area contributed by atoms with Crippen LogP contribution in [0.4, 0.5) is 0 Å². The average Bonchev–Trinajstić information content (AvgIpc) is 1.56. The zero-order valence-electron chi connectivity index (χ0n) is 67.6. The molecule has 16 aromatic carbocycles. The minimum atomic E-state index is -0.495. The van der Waals surface area contributed by atoms with Crippen LogP contribution in [0.25, 0.3) is 218 Å². The van der Waals surface area contributed by atoms with Crippen molar-refractivity contribution in [3.05, 3.63) is 369 Å². The molecule has 1 saturated heterocycles. The monoisotopic (exact) mass is 1650 g/mol. The lowest BCUT2D eigenvalue weighted by atomic mass is 9.77.